The van der Waals surface area contributed by atoms with E-state index in [1.807, 2.05) is 20.8 Å². The number of thioether (sulfide) groups is 1. The van der Waals surface area contributed by atoms with Gasteiger partial charge in [-0.05, 0) is 6.92 Å². The maximum Gasteiger partial charge on any atom is 0.166 e. The van der Waals surface area contributed by atoms with Crippen LogP contribution in [0.4, 0.5) is 17.6 Å². The Hall–Kier alpha value is -0.710. The Morgan fingerprint density at radius 1 is 0.882 bits per heavy atom. The summed E-state index contributed by atoms with van der Waals surface area (Å²) in [6.07, 6.45) is 0. The minimum atomic E-state index is -1.31. The molecule has 0 aliphatic rings. The number of benzene rings is 1. The summed E-state index contributed by atoms with van der Waals surface area (Å²) < 4.78 is 53.2. The third-order valence-electron chi connectivity index (χ3n) is 2.22. The maximum atomic E-state index is 13.5. The molecule has 0 aliphatic carbocycles. The van der Waals surface area contributed by atoms with Crippen LogP contribution in [0.5, 0.6) is 0 Å². The van der Waals surface area contributed by atoms with Crippen LogP contribution in [0, 0.1) is 30.2 Å². The summed E-state index contributed by atoms with van der Waals surface area (Å²) in [7, 11) is 0. The summed E-state index contributed by atoms with van der Waals surface area (Å²) in [4.78, 5) is 0. The van der Waals surface area contributed by atoms with E-state index in [-0.39, 0.29) is 10.5 Å². The highest BCUT2D eigenvalue weighted by atomic mass is 32.2. The van der Waals surface area contributed by atoms with Crippen molar-refractivity contribution in [2.45, 2.75) is 38.2 Å². The number of hydrogen-bond donors (Lipinski definition) is 0. The highest BCUT2D eigenvalue weighted by molar-refractivity contribution is 7.99. The van der Waals surface area contributed by atoms with Crippen molar-refractivity contribution in [1.82, 2.24) is 0 Å². The molecule has 0 saturated carbocycles. The molecule has 0 N–H and O–H groups in total. The van der Waals surface area contributed by atoms with Crippen molar-refractivity contribution in [2.75, 3.05) is 0 Å². The SMILES string of the molecule is Cc1c(F)c(F)c(CSC(C)(C)C)c(F)c1F. The highest BCUT2D eigenvalue weighted by Gasteiger charge is 2.24. The Morgan fingerprint density at radius 3 is 1.65 bits per heavy atom. The van der Waals surface area contributed by atoms with E-state index in [0.717, 1.165) is 6.92 Å². The van der Waals surface area contributed by atoms with E-state index >= 15 is 0 Å². The van der Waals surface area contributed by atoms with Gasteiger partial charge in [-0.2, -0.15) is 11.8 Å². The van der Waals surface area contributed by atoms with Crippen molar-refractivity contribution >= 4 is 11.8 Å². The van der Waals surface area contributed by atoms with Crippen LogP contribution in [-0.4, -0.2) is 4.75 Å². The van der Waals surface area contributed by atoms with Gasteiger partial charge in [-0.1, -0.05) is 20.8 Å². The molecule has 96 valence electrons. The molecule has 0 saturated heterocycles. The third kappa shape index (κ3) is 3.15. The van der Waals surface area contributed by atoms with Gasteiger partial charge in [0.05, 0.1) is 0 Å². The topological polar surface area (TPSA) is 0 Å². The Bertz CT molecular complexity index is 406. The standard InChI is InChI=1S/C12H14F4S/c1-6-8(13)10(15)7(11(16)9(6)14)5-17-12(2,3)4/h5H2,1-4H3. The van der Waals surface area contributed by atoms with Crippen molar-refractivity contribution < 1.29 is 17.6 Å². The fourth-order valence-electron chi connectivity index (χ4n) is 1.20. The second-order valence-corrected chi connectivity index (χ2v) is 6.56. The van der Waals surface area contributed by atoms with Crippen LogP contribution in [0.15, 0.2) is 0 Å². The zero-order valence-corrected chi connectivity index (χ0v) is 10.9. The molecule has 1 aromatic carbocycles. The average molecular weight is 266 g/mol. The lowest BCUT2D eigenvalue weighted by atomic mass is 10.1. The van der Waals surface area contributed by atoms with E-state index in [1.165, 1.54) is 11.8 Å². The first-order valence-corrected chi connectivity index (χ1v) is 6.09. The Balaban J connectivity index is 3.16. The molecular formula is C12H14F4S. The highest BCUT2D eigenvalue weighted by Crippen LogP contribution is 2.31. The first-order chi connectivity index (χ1) is 7.65. The predicted octanol–water partition coefficient (Wildman–Crippen LogP) is 4.58. The molecule has 0 unspecified atom stereocenters. The van der Waals surface area contributed by atoms with Crippen LogP contribution >= 0.6 is 11.8 Å². The van der Waals surface area contributed by atoms with Crippen LogP contribution in [-0.2, 0) is 5.75 Å². The minimum absolute atomic E-state index is 0.102. The van der Waals surface area contributed by atoms with E-state index in [4.69, 9.17) is 0 Å². The summed E-state index contributed by atoms with van der Waals surface area (Å²) in [6, 6.07) is 0. The van der Waals surface area contributed by atoms with Crippen LogP contribution < -0.4 is 0 Å². The van der Waals surface area contributed by atoms with Gasteiger partial charge in [0, 0.05) is 21.6 Å². The van der Waals surface area contributed by atoms with Gasteiger partial charge in [0.2, 0.25) is 0 Å². The molecule has 0 fully saturated rings. The summed E-state index contributed by atoms with van der Waals surface area (Å²) in [5, 5.41) is 0. The quantitative estimate of drug-likeness (QED) is 0.557. The van der Waals surface area contributed by atoms with Crippen molar-refractivity contribution in [1.29, 1.82) is 0 Å². The van der Waals surface area contributed by atoms with Gasteiger partial charge in [-0.3, -0.25) is 0 Å². The zero-order valence-electron chi connectivity index (χ0n) is 10.1. The summed E-state index contributed by atoms with van der Waals surface area (Å²) in [5.74, 6) is -5.31. The van der Waals surface area contributed by atoms with Gasteiger partial charge >= 0.3 is 0 Å². The largest absolute Gasteiger partial charge is 0.203 e. The molecule has 0 nitrogen and oxygen atoms in total. The van der Waals surface area contributed by atoms with Crippen molar-refractivity contribution in [2.24, 2.45) is 0 Å². The van der Waals surface area contributed by atoms with E-state index in [9.17, 15) is 17.6 Å². The molecule has 0 heterocycles. The Labute approximate surface area is 102 Å². The summed E-state index contributed by atoms with van der Waals surface area (Å²) >= 11 is 1.22. The molecule has 0 aromatic heterocycles. The number of hydrogen-bond acceptors (Lipinski definition) is 1. The number of rotatable bonds is 2. The molecule has 1 rings (SSSR count). The first kappa shape index (κ1) is 14.4. The van der Waals surface area contributed by atoms with Crippen LogP contribution in [0.2, 0.25) is 0 Å². The van der Waals surface area contributed by atoms with Crippen molar-refractivity contribution in [3.05, 3.63) is 34.4 Å². The molecule has 5 heteroatoms. The van der Waals surface area contributed by atoms with Crippen molar-refractivity contribution in [3.8, 4) is 0 Å². The fourth-order valence-corrected chi connectivity index (χ4v) is 2.03. The van der Waals surface area contributed by atoms with Gasteiger partial charge in [0.15, 0.2) is 23.3 Å². The lowest BCUT2D eigenvalue weighted by molar-refractivity contribution is 0.435. The fraction of sp³-hybridized carbons (Fsp3) is 0.500. The van der Waals surface area contributed by atoms with Gasteiger partial charge in [0.25, 0.3) is 0 Å². The lowest BCUT2D eigenvalue weighted by Gasteiger charge is -2.18. The zero-order chi connectivity index (χ0) is 13.4. The molecule has 0 amide bonds. The molecule has 0 aliphatic heterocycles. The average Bonchev–Trinajstić information content (AvgIpc) is 2.22. The Kier molecular flexibility index (Phi) is 4.12. The monoisotopic (exact) mass is 266 g/mol. The molecule has 17 heavy (non-hydrogen) atoms. The predicted molar refractivity (Wildman–Crippen MR) is 62.1 cm³/mol. The minimum Gasteiger partial charge on any atom is -0.203 e. The number of halogens is 4. The molecule has 0 bridgehead atoms. The van der Waals surface area contributed by atoms with E-state index < -0.39 is 34.4 Å². The van der Waals surface area contributed by atoms with Crippen LogP contribution in [0.25, 0.3) is 0 Å². The summed E-state index contributed by atoms with van der Waals surface area (Å²) in [5.41, 5.74) is -1.16. The molecule has 0 radical (unpaired) electrons. The van der Waals surface area contributed by atoms with E-state index in [1.54, 1.807) is 0 Å². The van der Waals surface area contributed by atoms with Crippen LogP contribution in [0.3, 0.4) is 0 Å². The summed E-state index contributed by atoms with van der Waals surface area (Å²) in [6.45, 7) is 6.58. The molecule has 0 atom stereocenters. The molecule has 0 spiro atoms. The van der Waals surface area contributed by atoms with Gasteiger partial charge < -0.3 is 0 Å². The smallest absolute Gasteiger partial charge is 0.166 e. The normalized spacial score (nSPS) is 12.0. The second-order valence-electron chi connectivity index (χ2n) is 4.76. The van der Waals surface area contributed by atoms with Gasteiger partial charge in [-0.15, -0.1) is 0 Å². The van der Waals surface area contributed by atoms with E-state index in [2.05, 4.69) is 0 Å². The molecular weight excluding hydrogens is 252 g/mol. The second kappa shape index (κ2) is 4.88. The van der Waals surface area contributed by atoms with Crippen molar-refractivity contribution in [3.63, 3.8) is 0 Å². The maximum absolute atomic E-state index is 13.5. The molecule has 1 aromatic rings. The Morgan fingerprint density at radius 2 is 1.29 bits per heavy atom. The third-order valence-corrected chi connectivity index (χ3v) is 3.52. The lowest BCUT2D eigenvalue weighted by Crippen LogP contribution is -2.11. The van der Waals surface area contributed by atoms with E-state index in [0.29, 0.717) is 0 Å². The van der Waals surface area contributed by atoms with Crippen LogP contribution in [0.1, 0.15) is 31.9 Å². The van der Waals surface area contributed by atoms with Gasteiger partial charge in [0.1, 0.15) is 0 Å². The first-order valence-electron chi connectivity index (χ1n) is 5.10. The van der Waals surface area contributed by atoms with Gasteiger partial charge in [-0.25, -0.2) is 17.6 Å².